The number of hydrogen-bond acceptors (Lipinski definition) is 4. The number of hydrogen-bond donors (Lipinski definition) is 0. The van der Waals surface area contributed by atoms with Crippen molar-refractivity contribution in [2.24, 2.45) is 11.3 Å². The third-order valence-electron chi connectivity index (χ3n) is 3.40. The zero-order chi connectivity index (χ0) is 13.1. The van der Waals surface area contributed by atoms with Crippen LogP contribution in [0.3, 0.4) is 0 Å². The van der Waals surface area contributed by atoms with Crippen LogP contribution in [-0.2, 0) is 19.1 Å². The standard InChI is InChI=1S/C13H18O4/c1-5-10-8-13(11(14)16-3,12(15)17-4)7-6-9(10)2/h5,10H,1-2,6-8H2,3-4H3. The molecule has 4 heteroatoms. The van der Waals surface area contributed by atoms with E-state index in [-0.39, 0.29) is 5.92 Å². The number of esters is 2. The highest BCUT2D eigenvalue weighted by Gasteiger charge is 2.51. The SMILES string of the molecule is C=CC1CC(C(=O)OC)(C(=O)OC)CCC1=C. The molecular weight excluding hydrogens is 220 g/mol. The zero-order valence-corrected chi connectivity index (χ0v) is 10.3. The molecule has 0 heterocycles. The molecule has 17 heavy (non-hydrogen) atoms. The van der Waals surface area contributed by atoms with Gasteiger partial charge in [-0.2, -0.15) is 0 Å². The predicted molar refractivity (Wildman–Crippen MR) is 63.1 cm³/mol. The number of allylic oxidation sites excluding steroid dienone is 2. The molecule has 0 radical (unpaired) electrons. The van der Waals surface area contributed by atoms with E-state index in [9.17, 15) is 9.59 Å². The fourth-order valence-corrected chi connectivity index (χ4v) is 2.28. The van der Waals surface area contributed by atoms with Crippen LogP contribution in [0.15, 0.2) is 24.8 Å². The lowest BCUT2D eigenvalue weighted by molar-refractivity contribution is -0.171. The highest BCUT2D eigenvalue weighted by Crippen LogP contribution is 2.43. The summed E-state index contributed by atoms with van der Waals surface area (Å²) >= 11 is 0. The van der Waals surface area contributed by atoms with Gasteiger partial charge in [-0.15, -0.1) is 6.58 Å². The lowest BCUT2D eigenvalue weighted by Gasteiger charge is -2.36. The lowest BCUT2D eigenvalue weighted by atomic mass is 9.68. The Balaban J connectivity index is 3.08. The van der Waals surface area contributed by atoms with Gasteiger partial charge in [0.05, 0.1) is 14.2 Å². The Labute approximate surface area is 101 Å². The lowest BCUT2D eigenvalue weighted by Crippen LogP contribution is -2.45. The van der Waals surface area contributed by atoms with Gasteiger partial charge in [0, 0.05) is 0 Å². The van der Waals surface area contributed by atoms with Crippen LogP contribution < -0.4 is 0 Å². The van der Waals surface area contributed by atoms with Crippen molar-refractivity contribution in [2.75, 3.05) is 14.2 Å². The average molecular weight is 238 g/mol. The summed E-state index contributed by atoms with van der Waals surface area (Å²) in [5.74, 6) is -1.13. The number of carbonyl (C=O) groups is 2. The molecule has 0 aliphatic heterocycles. The molecule has 1 unspecified atom stereocenters. The molecule has 0 saturated heterocycles. The molecule has 1 fully saturated rings. The van der Waals surface area contributed by atoms with Crippen LogP contribution in [0.25, 0.3) is 0 Å². The molecule has 0 N–H and O–H groups in total. The number of carbonyl (C=O) groups excluding carboxylic acids is 2. The number of rotatable bonds is 3. The quantitative estimate of drug-likeness (QED) is 0.428. The second kappa shape index (κ2) is 5.17. The van der Waals surface area contributed by atoms with Gasteiger partial charge in [-0.1, -0.05) is 18.2 Å². The van der Waals surface area contributed by atoms with Gasteiger partial charge in [-0.05, 0) is 25.2 Å². The second-order valence-electron chi connectivity index (χ2n) is 4.27. The Morgan fingerprint density at radius 3 is 2.29 bits per heavy atom. The molecule has 0 spiro atoms. The maximum absolute atomic E-state index is 11.9. The summed E-state index contributed by atoms with van der Waals surface area (Å²) in [5.41, 5.74) is -0.216. The average Bonchev–Trinajstić information content (AvgIpc) is 2.37. The summed E-state index contributed by atoms with van der Waals surface area (Å²) in [7, 11) is 2.55. The van der Waals surface area contributed by atoms with Crippen molar-refractivity contribution in [2.45, 2.75) is 19.3 Å². The number of ether oxygens (including phenoxy) is 2. The largest absolute Gasteiger partial charge is 0.468 e. The van der Waals surface area contributed by atoms with E-state index in [1.807, 2.05) is 0 Å². The molecule has 0 amide bonds. The van der Waals surface area contributed by atoms with Crippen LogP contribution in [0.2, 0.25) is 0 Å². The molecular formula is C13H18O4. The van der Waals surface area contributed by atoms with Crippen LogP contribution in [0.5, 0.6) is 0 Å². The topological polar surface area (TPSA) is 52.6 Å². The minimum Gasteiger partial charge on any atom is -0.468 e. The van der Waals surface area contributed by atoms with Gasteiger partial charge in [0.2, 0.25) is 0 Å². The first-order chi connectivity index (χ1) is 8.01. The van der Waals surface area contributed by atoms with Gasteiger partial charge in [-0.25, -0.2) is 0 Å². The first kappa shape index (κ1) is 13.5. The molecule has 1 aliphatic rings. The van der Waals surface area contributed by atoms with E-state index in [1.54, 1.807) is 6.08 Å². The highest BCUT2D eigenvalue weighted by molar-refractivity contribution is 6.00. The molecule has 0 aromatic carbocycles. The summed E-state index contributed by atoms with van der Waals surface area (Å²) in [4.78, 5) is 23.7. The Morgan fingerprint density at radius 2 is 1.88 bits per heavy atom. The summed E-state index contributed by atoms with van der Waals surface area (Å²) in [6.45, 7) is 7.63. The van der Waals surface area contributed by atoms with Crippen molar-refractivity contribution in [3.63, 3.8) is 0 Å². The van der Waals surface area contributed by atoms with E-state index in [0.29, 0.717) is 19.3 Å². The molecule has 1 atom stereocenters. The van der Waals surface area contributed by atoms with Gasteiger partial charge in [-0.3, -0.25) is 9.59 Å². The van der Waals surface area contributed by atoms with Crippen molar-refractivity contribution < 1.29 is 19.1 Å². The van der Waals surface area contributed by atoms with Crippen LogP contribution in [-0.4, -0.2) is 26.2 Å². The maximum Gasteiger partial charge on any atom is 0.323 e. The second-order valence-corrected chi connectivity index (χ2v) is 4.27. The molecule has 1 rings (SSSR count). The highest BCUT2D eigenvalue weighted by atomic mass is 16.5. The Kier molecular flexibility index (Phi) is 4.10. The minimum absolute atomic E-state index is 0.0538. The molecule has 0 bridgehead atoms. The van der Waals surface area contributed by atoms with Crippen molar-refractivity contribution in [1.29, 1.82) is 0 Å². The monoisotopic (exact) mass is 238 g/mol. The van der Waals surface area contributed by atoms with Gasteiger partial charge >= 0.3 is 11.9 Å². The van der Waals surface area contributed by atoms with Crippen LogP contribution in [0.4, 0.5) is 0 Å². The Bertz CT molecular complexity index is 340. The summed E-state index contributed by atoms with van der Waals surface area (Å²) < 4.78 is 9.48. The van der Waals surface area contributed by atoms with E-state index in [1.165, 1.54) is 14.2 Å². The predicted octanol–water partition coefficient (Wildman–Crippen LogP) is 1.86. The van der Waals surface area contributed by atoms with E-state index >= 15 is 0 Å². The number of methoxy groups -OCH3 is 2. The molecule has 4 nitrogen and oxygen atoms in total. The fraction of sp³-hybridized carbons (Fsp3) is 0.538. The summed E-state index contributed by atoms with van der Waals surface area (Å²) in [5, 5.41) is 0. The van der Waals surface area contributed by atoms with Crippen LogP contribution >= 0.6 is 0 Å². The van der Waals surface area contributed by atoms with E-state index in [4.69, 9.17) is 9.47 Å². The molecule has 94 valence electrons. The Hall–Kier alpha value is -1.58. The minimum atomic E-state index is -1.20. The molecule has 1 aliphatic carbocycles. The van der Waals surface area contributed by atoms with Crippen molar-refractivity contribution in [1.82, 2.24) is 0 Å². The Morgan fingerprint density at radius 1 is 1.35 bits per heavy atom. The third-order valence-corrected chi connectivity index (χ3v) is 3.40. The first-order valence-corrected chi connectivity index (χ1v) is 5.49. The summed E-state index contributed by atoms with van der Waals surface area (Å²) in [6, 6.07) is 0. The van der Waals surface area contributed by atoms with Gasteiger partial charge in [0.25, 0.3) is 0 Å². The van der Waals surface area contributed by atoms with E-state index in [0.717, 1.165) is 5.57 Å². The van der Waals surface area contributed by atoms with Crippen LogP contribution in [0.1, 0.15) is 19.3 Å². The maximum atomic E-state index is 11.9. The molecule has 0 aromatic heterocycles. The fourth-order valence-electron chi connectivity index (χ4n) is 2.28. The normalized spacial score (nSPS) is 22.7. The van der Waals surface area contributed by atoms with Crippen molar-refractivity contribution in [3.05, 3.63) is 24.8 Å². The zero-order valence-electron chi connectivity index (χ0n) is 10.3. The molecule has 1 saturated carbocycles. The smallest absolute Gasteiger partial charge is 0.323 e. The first-order valence-electron chi connectivity index (χ1n) is 5.49. The van der Waals surface area contributed by atoms with Crippen molar-refractivity contribution >= 4 is 11.9 Å². The summed E-state index contributed by atoms with van der Waals surface area (Å²) in [6.07, 6.45) is 3.02. The molecule has 0 aromatic rings. The van der Waals surface area contributed by atoms with Crippen molar-refractivity contribution in [3.8, 4) is 0 Å². The van der Waals surface area contributed by atoms with Gasteiger partial charge in [0.15, 0.2) is 5.41 Å². The van der Waals surface area contributed by atoms with Gasteiger partial charge < -0.3 is 9.47 Å². The van der Waals surface area contributed by atoms with E-state index in [2.05, 4.69) is 13.2 Å². The van der Waals surface area contributed by atoms with Gasteiger partial charge in [0.1, 0.15) is 0 Å². The van der Waals surface area contributed by atoms with Crippen LogP contribution in [0, 0.1) is 11.3 Å². The third kappa shape index (κ3) is 2.25. The van der Waals surface area contributed by atoms with E-state index < -0.39 is 17.4 Å².